The highest BCUT2D eigenvalue weighted by atomic mass is 32.2. The molecule has 5 rings (SSSR count). The fourth-order valence-electron chi connectivity index (χ4n) is 6.99. The summed E-state index contributed by atoms with van der Waals surface area (Å²) in [6, 6.07) is 9.89. The molecule has 0 saturated carbocycles. The van der Waals surface area contributed by atoms with Crippen molar-refractivity contribution < 1.29 is 35.2 Å². The molecule has 4 atom stereocenters. The van der Waals surface area contributed by atoms with Crippen molar-refractivity contribution in [3.8, 4) is 0 Å². The lowest BCUT2D eigenvalue weighted by Gasteiger charge is -2.46. The number of alkyl halides is 4. The summed E-state index contributed by atoms with van der Waals surface area (Å²) in [5.41, 5.74) is -2.39. The van der Waals surface area contributed by atoms with Crippen LogP contribution in [0.15, 0.2) is 42.5 Å². The molecule has 4 nitrogen and oxygen atoms in total. The zero-order valence-electron chi connectivity index (χ0n) is 21.9. The minimum Gasteiger partial charge on any atom is -0.338 e. The highest BCUT2D eigenvalue weighted by Gasteiger charge is 2.58. The number of carbonyl (C=O) groups excluding carboxylic acids is 1. The number of likely N-dealkylation sites (tertiary alicyclic amines) is 1. The van der Waals surface area contributed by atoms with Gasteiger partial charge in [-0.1, -0.05) is 37.3 Å². The van der Waals surface area contributed by atoms with Gasteiger partial charge in [0.1, 0.15) is 15.7 Å². The lowest BCUT2D eigenvalue weighted by atomic mass is 9.60. The largest absolute Gasteiger partial charge is 0.426 e. The van der Waals surface area contributed by atoms with Gasteiger partial charge >= 0.3 is 6.18 Å². The highest BCUT2D eigenvalue weighted by molar-refractivity contribution is 7.91. The van der Waals surface area contributed by atoms with Crippen LogP contribution in [0.4, 0.5) is 22.0 Å². The van der Waals surface area contributed by atoms with E-state index in [0.717, 1.165) is 11.1 Å². The molecule has 2 aromatic carbocycles. The highest BCUT2D eigenvalue weighted by Crippen LogP contribution is 2.53. The number of halogens is 5. The molecular weight excluding hydrogens is 537 g/mol. The van der Waals surface area contributed by atoms with Gasteiger partial charge in [0.05, 0.1) is 11.5 Å². The van der Waals surface area contributed by atoms with Gasteiger partial charge in [-0.2, -0.15) is 13.2 Å². The van der Waals surface area contributed by atoms with Crippen LogP contribution in [0.5, 0.6) is 0 Å². The summed E-state index contributed by atoms with van der Waals surface area (Å²) in [5.74, 6) is -1.02. The molecule has 2 heterocycles. The van der Waals surface area contributed by atoms with Crippen molar-refractivity contribution in [3.63, 3.8) is 0 Å². The van der Waals surface area contributed by atoms with Crippen LogP contribution in [0.25, 0.3) is 0 Å². The molecule has 2 fully saturated rings. The van der Waals surface area contributed by atoms with Crippen LogP contribution < -0.4 is 0 Å². The van der Waals surface area contributed by atoms with Crippen LogP contribution >= 0.6 is 0 Å². The average molecular weight is 570 g/mol. The molecule has 0 bridgehead atoms. The predicted molar refractivity (Wildman–Crippen MR) is 137 cm³/mol. The first kappa shape index (κ1) is 28.1. The monoisotopic (exact) mass is 569 g/mol. The number of carbonyl (C=O) groups is 1. The Bertz CT molecular complexity index is 1360. The third kappa shape index (κ3) is 4.76. The van der Waals surface area contributed by atoms with Gasteiger partial charge in [-0.3, -0.25) is 4.79 Å². The van der Waals surface area contributed by atoms with Gasteiger partial charge in [0.25, 0.3) is 0 Å². The van der Waals surface area contributed by atoms with Gasteiger partial charge in [-0.05, 0) is 79.3 Å². The normalized spacial score (nSPS) is 28.4. The number of nitrogens with zero attached hydrogens (tertiary/aromatic N) is 1. The van der Waals surface area contributed by atoms with Gasteiger partial charge in [-0.25, -0.2) is 17.2 Å². The predicted octanol–water partition coefficient (Wildman–Crippen LogP) is 5.67. The van der Waals surface area contributed by atoms with E-state index in [1.807, 2.05) is 11.8 Å². The Morgan fingerprint density at radius 2 is 1.67 bits per heavy atom. The second kappa shape index (κ2) is 9.56. The third-order valence-electron chi connectivity index (χ3n) is 9.29. The van der Waals surface area contributed by atoms with Crippen molar-refractivity contribution >= 4 is 15.7 Å². The second-order valence-corrected chi connectivity index (χ2v) is 13.9. The number of sulfone groups is 1. The minimum absolute atomic E-state index is 0.0228. The van der Waals surface area contributed by atoms with Crippen LogP contribution in [0.3, 0.4) is 0 Å². The van der Waals surface area contributed by atoms with E-state index in [1.165, 1.54) is 24.3 Å². The molecule has 1 amide bonds. The Morgan fingerprint density at radius 3 is 2.28 bits per heavy atom. The number of benzene rings is 2. The van der Waals surface area contributed by atoms with Gasteiger partial charge in [0, 0.05) is 23.9 Å². The van der Waals surface area contributed by atoms with E-state index in [2.05, 4.69) is 0 Å². The molecule has 0 spiro atoms. The summed E-state index contributed by atoms with van der Waals surface area (Å²) < 4.78 is 93.0. The summed E-state index contributed by atoms with van der Waals surface area (Å²) in [7, 11) is -3.14. The summed E-state index contributed by atoms with van der Waals surface area (Å²) in [5, 5.41) is 0. The number of fused-ring (bicyclic) bond motifs is 3. The first-order valence-electron chi connectivity index (χ1n) is 13.3. The van der Waals surface area contributed by atoms with Gasteiger partial charge in [0.2, 0.25) is 11.6 Å². The molecule has 0 radical (unpaired) electrons. The van der Waals surface area contributed by atoms with Gasteiger partial charge in [0.15, 0.2) is 0 Å². The molecule has 2 saturated heterocycles. The maximum atomic E-state index is 14.9. The van der Waals surface area contributed by atoms with Crippen molar-refractivity contribution in [2.24, 2.45) is 11.8 Å². The molecule has 0 N–H and O–H groups in total. The average Bonchev–Trinajstić information content (AvgIpc) is 3.16. The van der Waals surface area contributed by atoms with Crippen LogP contribution in [-0.2, 0) is 38.6 Å². The standard InChI is InChI=1S/C29H32F5NO3S/c1-18-17-35(26(36)20-11-13-39(37,38)14-12-20)25-10-5-21-15-22(27(2,31)29(32,33)34)6-9-24(21)28(18,25)16-19-3-7-23(30)8-4-19/h3-4,6-9,15,18,20,25H,5,10-14,16-17H2,1-2H3/t18-,25?,27?,28?/m0/s1. The number of amides is 1. The van der Waals surface area contributed by atoms with Crippen molar-refractivity contribution in [1.29, 1.82) is 0 Å². The Kier molecular flexibility index (Phi) is 6.88. The molecule has 3 aliphatic rings. The summed E-state index contributed by atoms with van der Waals surface area (Å²) in [4.78, 5) is 15.6. The van der Waals surface area contributed by atoms with Crippen LogP contribution in [0.2, 0.25) is 0 Å². The zero-order valence-corrected chi connectivity index (χ0v) is 22.7. The molecule has 2 aromatic rings. The molecule has 0 aromatic heterocycles. The number of aryl methyl sites for hydroxylation is 1. The Morgan fingerprint density at radius 1 is 1.03 bits per heavy atom. The zero-order chi connectivity index (χ0) is 28.4. The summed E-state index contributed by atoms with van der Waals surface area (Å²) >= 11 is 0. The van der Waals surface area contributed by atoms with Gasteiger partial charge in [-0.15, -0.1) is 0 Å². The number of hydrogen-bond donors (Lipinski definition) is 0. The van der Waals surface area contributed by atoms with Crippen molar-refractivity contribution in [3.05, 3.63) is 70.5 Å². The van der Waals surface area contributed by atoms with Crippen molar-refractivity contribution in [2.75, 3.05) is 18.1 Å². The van der Waals surface area contributed by atoms with Crippen LogP contribution in [0, 0.1) is 17.7 Å². The molecule has 212 valence electrons. The quantitative estimate of drug-likeness (QED) is 0.446. The molecule has 1 aliphatic carbocycles. The first-order valence-corrected chi connectivity index (χ1v) is 15.1. The number of rotatable bonds is 4. The molecule has 39 heavy (non-hydrogen) atoms. The van der Waals surface area contributed by atoms with Crippen molar-refractivity contribution in [1.82, 2.24) is 4.90 Å². The van der Waals surface area contributed by atoms with Crippen molar-refractivity contribution in [2.45, 2.75) is 69.3 Å². The van der Waals surface area contributed by atoms with Crippen LogP contribution in [0.1, 0.15) is 55.4 Å². The molecule has 2 aliphatic heterocycles. The summed E-state index contributed by atoms with van der Waals surface area (Å²) in [6.07, 6.45) is -3.23. The Hall–Kier alpha value is -2.49. The van der Waals surface area contributed by atoms with E-state index in [-0.39, 0.29) is 48.0 Å². The topological polar surface area (TPSA) is 54.5 Å². The van der Waals surface area contributed by atoms with E-state index in [9.17, 15) is 35.2 Å². The number of hydrogen-bond acceptors (Lipinski definition) is 3. The lowest BCUT2D eigenvalue weighted by Crippen LogP contribution is -2.52. The second-order valence-electron chi connectivity index (χ2n) is 11.6. The van der Waals surface area contributed by atoms with E-state index in [1.54, 1.807) is 18.2 Å². The smallest absolute Gasteiger partial charge is 0.338 e. The summed E-state index contributed by atoms with van der Waals surface area (Å²) in [6.45, 7) is 2.95. The van der Waals surface area contributed by atoms with Gasteiger partial charge < -0.3 is 4.90 Å². The fourth-order valence-corrected chi connectivity index (χ4v) is 8.49. The minimum atomic E-state index is -5.07. The van der Waals surface area contributed by atoms with E-state index in [4.69, 9.17) is 0 Å². The third-order valence-corrected chi connectivity index (χ3v) is 11.0. The maximum absolute atomic E-state index is 14.9. The SMILES string of the molecule is C[C@H]1CN(C(=O)C2CCS(=O)(=O)CC2)C2CCc3cc(C(C)(F)C(F)(F)F)ccc3C21Cc1ccc(F)cc1. The molecular formula is C29H32F5NO3S. The van der Waals surface area contributed by atoms with E-state index < -0.39 is 38.6 Å². The Labute approximate surface area is 225 Å². The fraction of sp³-hybridized carbons (Fsp3) is 0.552. The first-order chi connectivity index (χ1) is 18.2. The molecule has 3 unspecified atom stereocenters. The van der Waals surface area contributed by atoms with E-state index in [0.29, 0.717) is 38.3 Å². The lowest BCUT2D eigenvalue weighted by molar-refractivity contribution is -0.228. The van der Waals surface area contributed by atoms with E-state index >= 15 is 0 Å². The maximum Gasteiger partial charge on any atom is 0.426 e. The Balaban J connectivity index is 1.57. The molecule has 10 heteroatoms. The van der Waals surface area contributed by atoms with Crippen LogP contribution in [-0.4, -0.2) is 49.5 Å².